The summed E-state index contributed by atoms with van der Waals surface area (Å²) >= 11 is 0. The molecule has 2 aromatic rings. The van der Waals surface area contributed by atoms with Crippen LogP contribution in [0.4, 0.5) is 5.82 Å². The van der Waals surface area contributed by atoms with Gasteiger partial charge in [-0.3, -0.25) is 4.31 Å². The van der Waals surface area contributed by atoms with Crippen molar-refractivity contribution in [3.05, 3.63) is 53.7 Å². The fraction of sp³-hybridized carbons (Fsp3) is 0.200. The van der Waals surface area contributed by atoms with Crippen LogP contribution >= 0.6 is 0 Å². The summed E-state index contributed by atoms with van der Waals surface area (Å²) in [6, 6.07) is 10.7. The summed E-state index contributed by atoms with van der Waals surface area (Å²) in [5, 5.41) is 8.98. The highest BCUT2D eigenvalue weighted by molar-refractivity contribution is 7.92. The molecule has 0 spiro atoms. The predicted octanol–water partition coefficient (Wildman–Crippen LogP) is 2.30. The van der Waals surface area contributed by atoms with Crippen LogP contribution in [0.3, 0.4) is 0 Å². The molecule has 0 saturated carbocycles. The van der Waals surface area contributed by atoms with Crippen molar-refractivity contribution < 1.29 is 18.3 Å². The molecule has 1 aromatic heterocycles. The Bertz CT molecular complexity index is 785. The Morgan fingerprint density at radius 1 is 1.18 bits per heavy atom. The first-order valence-electron chi connectivity index (χ1n) is 6.66. The number of carbonyl (C=O) groups is 1. The molecule has 0 bridgehead atoms. The number of hydrogen-bond acceptors (Lipinski definition) is 4. The molecule has 7 heteroatoms. The number of benzene rings is 1. The molecule has 6 nitrogen and oxygen atoms in total. The summed E-state index contributed by atoms with van der Waals surface area (Å²) in [5.74, 6) is -1.12. The average molecular weight is 320 g/mol. The van der Waals surface area contributed by atoms with Crippen LogP contribution in [0, 0.1) is 6.92 Å². The van der Waals surface area contributed by atoms with E-state index in [1.807, 2.05) is 6.92 Å². The largest absolute Gasteiger partial charge is 0.477 e. The molecule has 0 atom stereocenters. The molecule has 0 amide bonds. The van der Waals surface area contributed by atoms with E-state index in [2.05, 4.69) is 4.98 Å². The summed E-state index contributed by atoms with van der Waals surface area (Å²) in [6.07, 6.45) is 0. The zero-order valence-electron chi connectivity index (χ0n) is 12.2. The first-order valence-corrected chi connectivity index (χ1v) is 8.10. The van der Waals surface area contributed by atoms with Gasteiger partial charge in [-0.05, 0) is 38.1 Å². The minimum absolute atomic E-state index is 0.0861. The third kappa shape index (κ3) is 3.09. The first-order chi connectivity index (χ1) is 10.4. The highest BCUT2D eigenvalue weighted by Gasteiger charge is 2.25. The second-order valence-corrected chi connectivity index (χ2v) is 6.53. The maximum absolute atomic E-state index is 12.7. The van der Waals surface area contributed by atoms with Crippen molar-refractivity contribution >= 4 is 21.8 Å². The Morgan fingerprint density at radius 2 is 1.82 bits per heavy atom. The lowest BCUT2D eigenvalue weighted by molar-refractivity contribution is 0.0690. The molecule has 1 N–H and O–H groups in total. The van der Waals surface area contributed by atoms with Crippen molar-refractivity contribution in [2.45, 2.75) is 18.7 Å². The van der Waals surface area contributed by atoms with Crippen molar-refractivity contribution in [2.75, 3.05) is 10.8 Å². The van der Waals surface area contributed by atoms with Crippen LogP contribution in [-0.2, 0) is 10.0 Å². The van der Waals surface area contributed by atoms with Gasteiger partial charge in [-0.15, -0.1) is 0 Å². The molecule has 0 aliphatic carbocycles. The maximum atomic E-state index is 12.7. The molecule has 0 saturated heterocycles. The van der Waals surface area contributed by atoms with E-state index >= 15 is 0 Å². The molecule has 0 aliphatic heterocycles. The Morgan fingerprint density at radius 3 is 2.36 bits per heavy atom. The standard InChI is InChI=1S/C15H16N2O4S/c1-3-17(14-6-4-5-13(16-14)15(18)19)22(20,21)12-9-7-11(2)8-10-12/h4-10H,3H2,1-2H3,(H,18,19). The second-order valence-electron chi connectivity index (χ2n) is 4.67. The highest BCUT2D eigenvalue weighted by Crippen LogP contribution is 2.22. The second kappa shape index (κ2) is 6.15. The van der Waals surface area contributed by atoms with Gasteiger partial charge in [-0.1, -0.05) is 23.8 Å². The molecule has 116 valence electrons. The topological polar surface area (TPSA) is 87.6 Å². The van der Waals surface area contributed by atoms with Gasteiger partial charge in [-0.2, -0.15) is 0 Å². The molecule has 0 unspecified atom stereocenters. The number of hydrogen-bond donors (Lipinski definition) is 1. The van der Waals surface area contributed by atoms with E-state index in [1.165, 1.54) is 30.3 Å². The zero-order valence-corrected chi connectivity index (χ0v) is 13.0. The molecule has 0 fully saturated rings. The van der Waals surface area contributed by atoms with Crippen LogP contribution < -0.4 is 4.31 Å². The number of rotatable bonds is 5. The fourth-order valence-electron chi connectivity index (χ4n) is 1.97. The van der Waals surface area contributed by atoms with Crippen LogP contribution in [0.25, 0.3) is 0 Å². The first kappa shape index (κ1) is 16.0. The Balaban J connectivity index is 2.49. The number of aryl methyl sites for hydroxylation is 1. The molecule has 1 aromatic carbocycles. The number of nitrogens with zero attached hydrogens (tertiary/aromatic N) is 2. The molecule has 0 radical (unpaired) electrons. The number of aromatic nitrogens is 1. The molecule has 2 rings (SSSR count). The minimum Gasteiger partial charge on any atom is -0.477 e. The van der Waals surface area contributed by atoms with Gasteiger partial charge in [0.05, 0.1) is 4.90 Å². The van der Waals surface area contributed by atoms with Crippen LogP contribution in [0.15, 0.2) is 47.4 Å². The number of aromatic carboxylic acids is 1. The third-order valence-electron chi connectivity index (χ3n) is 3.11. The van der Waals surface area contributed by atoms with Gasteiger partial charge in [0.25, 0.3) is 10.0 Å². The van der Waals surface area contributed by atoms with E-state index in [0.717, 1.165) is 9.87 Å². The summed E-state index contributed by atoms with van der Waals surface area (Å²) in [4.78, 5) is 15.0. The minimum atomic E-state index is -3.79. The van der Waals surface area contributed by atoms with E-state index in [-0.39, 0.29) is 23.0 Å². The van der Waals surface area contributed by atoms with Gasteiger partial charge >= 0.3 is 5.97 Å². The van der Waals surface area contributed by atoms with Crippen LogP contribution in [0.5, 0.6) is 0 Å². The molecular weight excluding hydrogens is 304 g/mol. The lowest BCUT2D eigenvalue weighted by Crippen LogP contribution is -2.31. The van der Waals surface area contributed by atoms with E-state index in [9.17, 15) is 13.2 Å². The van der Waals surface area contributed by atoms with E-state index in [1.54, 1.807) is 19.1 Å². The van der Waals surface area contributed by atoms with Crippen LogP contribution in [-0.4, -0.2) is 31.0 Å². The Labute approximate surface area is 129 Å². The Hall–Kier alpha value is -2.41. The number of carboxylic acids is 1. The highest BCUT2D eigenvalue weighted by atomic mass is 32.2. The van der Waals surface area contributed by atoms with Gasteiger partial charge in [0.15, 0.2) is 5.69 Å². The number of anilines is 1. The summed E-state index contributed by atoms with van der Waals surface area (Å²) in [5.41, 5.74) is 0.753. The summed E-state index contributed by atoms with van der Waals surface area (Å²) < 4.78 is 26.5. The van der Waals surface area contributed by atoms with Gasteiger partial charge < -0.3 is 5.11 Å². The van der Waals surface area contributed by atoms with Crippen molar-refractivity contribution in [1.82, 2.24) is 4.98 Å². The monoisotopic (exact) mass is 320 g/mol. The molecule has 22 heavy (non-hydrogen) atoms. The number of carboxylic acid groups (broad SMARTS) is 1. The third-order valence-corrected chi connectivity index (χ3v) is 5.00. The number of sulfonamides is 1. The van der Waals surface area contributed by atoms with Crippen LogP contribution in [0.2, 0.25) is 0 Å². The van der Waals surface area contributed by atoms with Gasteiger partial charge in [0, 0.05) is 6.54 Å². The fourth-order valence-corrected chi connectivity index (χ4v) is 3.40. The quantitative estimate of drug-likeness (QED) is 0.913. The molecule has 1 heterocycles. The van der Waals surface area contributed by atoms with Crippen molar-refractivity contribution in [2.24, 2.45) is 0 Å². The SMILES string of the molecule is CCN(c1cccc(C(=O)O)n1)S(=O)(=O)c1ccc(C)cc1. The van der Waals surface area contributed by atoms with Crippen molar-refractivity contribution in [3.8, 4) is 0 Å². The maximum Gasteiger partial charge on any atom is 0.354 e. The van der Waals surface area contributed by atoms with Gasteiger partial charge in [0.1, 0.15) is 5.82 Å². The normalized spacial score (nSPS) is 11.2. The zero-order chi connectivity index (χ0) is 16.3. The van der Waals surface area contributed by atoms with Crippen molar-refractivity contribution in [3.63, 3.8) is 0 Å². The van der Waals surface area contributed by atoms with E-state index in [0.29, 0.717) is 0 Å². The van der Waals surface area contributed by atoms with Gasteiger partial charge in [0.2, 0.25) is 0 Å². The van der Waals surface area contributed by atoms with E-state index in [4.69, 9.17) is 5.11 Å². The predicted molar refractivity (Wildman–Crippen MR) is 82.6 cm³/mol. The van der Waals surface area contributed by atoms with Crippen LogP contribution in [0.1, 0.15) is 23.0 Å². The van der Waals surface area contributed by atoms with E-state index < -0.39 is 16.0 Å². The average Bonchev–Trinajstić information content (AvgIpc) is 2.48. The number of pyridine rings is 1. The molecular formula is C15H16N2O4S. The Kier molecular flexibility index (Phi) is 4.46. The lowest BCUT2D eigenvalue weighted by Gasteiger charge is -2.22. The molecule has 0 aliphatic rings. The summed E-state index contributed by atoms with van der Waals surface area (Å²) in [7, 11) is -3.79. The smallest absolute Gasteiger partial charge is 0.354 e. The summed E-state index contributed by atoms with van der Waals surface area (Å²) in [6.45, 7) is 3.68. The van der Waals surface area contributed by atoms with Gasteiger partial charge in [-0.25, -0.2) is 18.2 Å². The lowest BCUT2D eigenvalue weighted by atomic mass is 10.2. The van der Waals surface area contributed by atoms with Crippen molar-refractivity contribution in [1.29, 1.82) is 0 Å².